The monoisotopic (exact) mass is 576 g/mol. The molecule has 0 aliphatic heterocycles. The Hall–Kier alpha value is 1.71. The van der Waals surface area contributed by atoms with E-state index in [0.29, 0.717) is 6.61 Å². The molecule has 0 unspecified atom stereocenters. The third kappa shape index (κ3) is 54.5. The van der Waals surface area contributed by atoms with Crippen LogP contribution in [0, 0.1) is 0 Å². The summed E-state index contributed by atoms with van der Waals surface area (Å²) < 4.78 is 8.88. The maximum atomic E-state index is 8.88. The Balaban J connectivity index is -0.00000174. The minimum atomic E-state index is -4.64. The molecule has 0 aromatic carbocycles. The van der Waals surface area contributed by atoms with Crippen LogP contribution < -0.4 is 0 Å². The molecule has 0 saturated carbocycles. The Kier molecular flexibility index (Phi) is 44.0. The zero-order valence-corrected chi connectivity index (χ0v) is 25.0. The van der Waals surface area contributed by atoms with Gasteiger partial charge in [-0.15, -0.1) is 0 Å². The first kappa shape index (κ1) is 43.2. The zero-order chi connectivity index (χ0) is 27.0. The first-order chi connectivity index (χ1) is 17.4. The van der Waals surface area contributed by atoms with Crippen molar-refractivity contribution in [2.75, 3.05) is 6.61 Å². The van der Waals surface area contributed by atoms with E-state index in [2.05, 4.69) is 6.92 Å². The average Bonchev–Trinajstić information content (AvgIpc) is 2.82. The molecule has 0 amide bonds. The van der Waals surface area contributed by atoms with Crippen LogP contribution in [0.15, 0.2) is 0 Å². The van der Waals surface area contributed by atoms with Crippen molar-refractivity contribution in [2.24, 2.45) is 0 Å². The van der Waals surface area contributed by atoms with Crippen molar-refractivity contribution in [2.45, 2.75) is 187 Å². The molecular formula is C30H66KO5P. The Labute approximate surface area is 274 Å². The molecule has 0 aromatic heterocycles. The molecule has 0 aliphatic rings. The van der Waals surface area contributed by atoms with E-state index in [1.165, 1.54) is 173 Å². The fourth-order valence-corrected chi connectivity index (χ4v) is 4.78. The second-order valence-corrected chi connectivity index (χ2v) is 11.8. The van der Waals surface area contributed by atoms with Gasteiger partial charge in [0.15, 0.2) is 0 Å². The summed E-state index contributed by atoms with van der Waals surface area (Å²) >= 11 is 0. The second-order valence-electron chi connectivity index (χ2n) is 10.8. The van der Waals surface area contributed by atoms with Gasteiger partial charge < -0.3 is 19.8 Å². The molecule has 4 N–H and O–H groups in total. The fraction of sp³-hybridized carbons (Fsp3) is 1.00. The van der Waals surface area contributed by atoms with Crippen LogP contribution in [0.5, 0.6) is 0 Å². The van der Waals surface area contributed by atoms with Crippen LogP contribution in [0.4, 0.5) is 0 Å². The van der Waals surface area contributed by atoms with Crippen molar-refractivity contribution in [1.29, 1.82) is 0 Å². The molecule has 7 heteroatoms. The van der Waals surface area contributed by atoms with Crippen molar-refractivity contribution in [1.82, 2.24) is 0 Å². The van der Waals surface area contributed by atoms with Crippen molar-refractivity contribution in [3.05, 3.63) is 0 Å². The van der Waals surface area contributed by atoms with Crippen LogP contribution in [0.1, 0.15) is 187 Å². The zero-order valence-electron chi connectivity index (χ0n) is 24.2. The molecule has 0 aliphatic carbocycles. The maximum absolute atomic E-state index is 8.88. The third-order valence-electron chi connectivity index (χ3n) is 7.01. The number of phosphoric acid groups is 1. The molecule has 0 aromatic rings. The van der Waals surface area contributed by atoms with Gasteiger partial charge in [-0.25, -0.2) is 4.57 Å². The van der Waals surface area contributed by atoms with Gasteiger partial charge in [-0.2, -0.15) is 0 Å². The number of aliphatic hydroxyl groups excluding tert-OH is 1. The first-order valence-corrected chi connectivity index (χ1v) is 17.4. The van der Waals surface area contributed by atoms with Crippen LogP contribution >= 0.6 is 7.82 Å². The van der Waals surface area contributed by atoms with E-state index in [0.717, 1.165) is 6.42 Å². The summed E-state index contributed by atoms with van der Waals surface area (Å²) in [5.41, 5.74) is 0. The Morgan fingerprint density at radius 1 is 0.378 bits per heavy atom. The van der Waals surface area contributed by atoms with Gasteiger partial charge in [-0.05, 0) is 6.42 Å². The molecule has 0 bridgehead atoms. The van der Waals surface area contributed by atoms with Crippen LogP contribution in [0.3, 0.4) is 0 Å². The van der Waals surface area contributed by atoms with Crippen LogP contribution in [0.2, 0.25) is 0 Å². The van der Waals surface area contributed by atoms with Crippen molar-refractivity contribution in [3.63, 3.8) is 0 Å². The van der Waals surface area contributed by atoms with Crippen molar-refractivity contribution >= 4 is 59.2 Å². The SMILES string of the molecule is CCCCCCCCCCCCCCCCCCCCCCCCCCCCCCO.O=P(O)(O)O.[KH]. The molecule has 0 spiro atoms. The van der Waals surface area contributed by atoms with Crippen LogP contribution in [-0.2, 0) is 4.57 Å². The fourth-order valence-electron chi connectivity index (χ4n) is 4.78. The summed E-state index contributed by atoms with van der Waals surface area (Å²) in [5.74, 6) is 0. The summed E-state index contributed by atoms with van der Waals surface area (Å²) in [6, 6.07) is 0. The van der Waals surface area contributed by atoms with E-state index >= 15 is 0 Å². The van der Waals surface area contributed by atoms with Gasteiger partial charge in [0.25, 0.3) is 0 Å². The molecule has 0 saturated heterocycles. The van der Waals surface area contributed by atoms with Crippen molar-refractivity contribution in [3.8, 4) is 0 Å². The molecule has 0 atom stereocenters. The normalized spacial score (nSPS) is 11.2. The number of aliphatic hydroxyl groups is 1. The van der Waals surface area contributed by atoms with Gasteiger partial charge in [0, 0.05) is 6.61 Å². The second kappa shape index (κ2) is 37.7. The van der Waals surface area contributed by atoms with Gasteiger partial charge >= 0.3 is 59.2 Å². The molecule has 37 heavy (non-hydrogen) atoms. The minimum absolute atomic E-state index is 0. The molecule has 0 fully saturated rings. The van der Waals surface area contributed by atoms with E-state index in [1.807, 2.05) is 0 Å². The summed E-state index contributed by atoms with van der Waals surface area (Å²) in [7, 11) is -4.64. The van der Waals surface area contributed by atoms with Gasteiger partial charge in [0.2, 0.25) is 0 Å². The average molecular weight is 577 g/mol. The van der Waals surface area contributed by atoms with E-state index in [-0.39, 0.29) is 51.4 Å². The molecule has 0 rings (SSSR count). The van der Waals surface area contributed by atoms with Gasteiger partial charge in [0.1, 0.15) is 0 Å². The van der Waals surface area contributed by atoms with Gasteiger partial charge in [0.05, 0.1) is 0 Å². The quantitative estimate of drug-likeness (QED) is 0.0422. The number of rotatable bonds is 28. The van der Waals surface area contributed by atoms with Gasteiger partial charge in [-0.1, -0.05) is 180 Å². The van der Waals surface area contributed by atoms with Crippen LogP contribution in [-0.4, -0.2) is 77.8 Å². The summed E-state index contributed by atoms with van der Waals surface area (Å²) in [6.07, 6.45) is 40.1. The molecular weight excluding hydrogens is 510 g/mol. The summed E-state index contributed by atoms with van der Waals surface area (Å²) in [4.78, 5) is 21.6. The predicted octanol–water partition coefficient (Wildman–Crippen LogP) is 9.34. The number of hydrogen-bond acceptors (Lipinski definition) is 2. The summed E-state index contributed by atoms with van der Waals surface area (Å²) in [5, 5.41) is 8.76. The topological polar surface area (TPSA) is 98.0 Å². The first-order valence-electron chi connectivity index (χ1n) is 15.8. The summed E-state index contributed by atoms with van der Waals surface area (Å²) in [6.45, 7) is 2.68. The van der Waals surface area contributed by atoms with Crippen molar-refractivity contribution < 1.29 is 24.4 Å². The Bertz CT molecular complexity index is 398. The number of hydrogen-bond donors (Lipinski definition) is 4. The molecule has 0 radical (unpaired) electrons. The van der Waals surface area contributed by atoms with Gasteiger partial charge in [-0.3, -0.25) is 0 Å². The van der Waals surface area contributed by atoms with E-state index in [9.17, 15) is 0 Å². The van der Waals surface area contributed by atoms with E-state index in [1.54, 1.807) is 0 Å². The predicted molar refractivity (Wildman–Crippen MR) is 163 cm³/mol. The standard InChI is InChI=1S/C30H62O.K.H3O4P.H/c1-2-3-4-5-6-7-8-9-10-11-12-13-14-15-16-17-18-19-20-21-22-23-24-25-26-27-28-29-30-31;;1-5(2,3)4;/h31H,2-30H2,1H3;;(H3,1,2,3,4);. The molecule has 222 valence electrons. The third-order valence-corrected chi connectivity index (χ3v) is 7.01. The van der Waals surface area contributed by atoms with Crippen LogP contribution in [0.25, 0.3) is 0 Å². The van der Waals surface area contributed by atoms with E-state index < -0.39 is 7.82 Å². The molecule has 0 heterocycles. The molecule has 5 nitrogen and oxygen atoms in total. The van der Waals surface area contributed by atoms with E-state index in [4.69, 9.17) is 24.4 Å². The Morgan fingerprint density at radius 2 is 0.514 bits per heavy atom. The number of unbranched alkanes of at least 4 members (excludes halogenated alkanes) is 27. The Morgan fingerprint density at radius 3 is 0.649 bits per heavy atom.